The molecule has 0 saturated heterocycles. The van der Waals surface area contributed by atoms with Crippen LogP contribution >= 0.6 is 11.6 Å². The van der Waals surface area contributed by atoms with Gasteiger partial charge in [-0.3, -0.25) is 19.9 Å². The van der Waals surface area contributed by atoms with Crippen molar-refractivity contribution < 1.29 is 9.59 Å². The SMILES string of the molecule is CN1C(=O)C(NCC(=O)c2ccccc2Cl)N=C(c2ccccc2)c2ccccc21. The maximum absolute atomic E-state index is 13.1. The molecule has 3 aromatic rings. The third kappa shape index (κ3) is 3.90. The molecule has 1 atom stereocenters. The fraction of sp³-hybridized carbons (Fsp3) is 0.125. The lowest BCUT2D eigenvalue weighted by Gasteiger charge is -2.20. The molecule has 6 heteroatoms. The minimum Gasteiger partial charge on any atom is -0.312 e. The number of benzodiazepines with no additional fused rings is 1. The molecule has 1 N–H and O–H groups in total. The Labute approximate surface area is 180 Å². The number of carbonyl (C=O) groups is 2. The monoisotopic (exact) mass is 417 g/mol. The Kier molecular flexibility index (Phi) is 5.74. The van der Waals surface area contributed by atoms with Gasteiger partial charge in [-0.05, 0) is 18.2 Å². The molecule has 0 saturated carbocycles. The van der Waals surface area contributed by atoms with Crippen LogP contribution in [-0.2, 0) is 4.79 Å². The number of likely N-dealkylation sites (N-methyl/N-ethyl adjacent to an activating group) is 1. The summed E-state index contributed by atoms with van der Waals surface area (Å²) in [5.74, 6) is -0.436. The number of hydrogen-bond acceptors (Lipinski definition) is 4. The summed E-state index contributed by atoms with van der Waals surface area (Å²) in [6.45, 7) is -0.0596. The Bertz CT molecular complexity index is 1130. The lowest BCUT2D eigenvalue weighted by molar-refractivity contribution is -0.120. The molecule has 3 aromatic carbocycles. The first-order chi connectivity index (χ1) is 14.6. The highest BCUT2D eigenvalue weighted by molar-refractivity contribution is 6.34. The predicted octanol–water partition coefficient (Wildman–Crippen LogP) is 3.95. The summed E-state index contributed by atoms with van der Waals surface area (Å²) in [6, 6.07) is 24.2. The first-order valence-corrected chi connectivity index (χ1v) is 9.95. The number of halogens is 1. The van der Waals surface area contributed by atoms with Crippen molar-refractivity contribution in [3.63, 3.8) is 0 Å². The van der Waals surface area contributed by atoms with E-state index in [-0.39, 0.29) is 18.2 Å². The van der Waals surface area contributed by atoms with Crippen LogP contribution < -0.4 is 10.2 Å². The Morgan fingerprint density at radius 3 is 2.43 bits per heavy atom. The van der Waals surface area contributed by atoms with Gasteiger partial charge in [0.25, 0.3) is 5.91 Å². The van der Waals surface area contributed by atoms with Crippen molar-refractivity contribution in [1.29, 1.82) is 0 Å². The van der Waals surface area contributed by atoms with Crippen molar-refractivity contribution >= 4 is 34.7 Å². The summed E-state index contributed by atoms with van der Waals surface area (Å²) >= 11 is 6.13. The molecule has 1 aliphatic rings. The predicted molar refractivity (Wildman–Crippen MR) is 120 cm³/mol. The molecule has 1 heterocycles. The third-order valence-corrected chi connectivity index (χ3v) is 5.35. The number of para-hydroxylation sites is 1. The average Bonchev–Trinajstić information content (AvgIpc) is 2.88. The zero-order chi connectivity index (χ0) is 21.1. The van der Waals surface area contributed by atoms with Gasteiger partial charge in [0.2, 0.25) is 0 Å². The van der Waals surface area contributed by atoms with E-state index in [1.807, 2.05) is 54.6 Å². The second kappa shape index (κ2) is 8.61. The highest BCUT2D eigenvalue weighted by atomic mass is 35.5. The number of nitrogens with zero attached hydrogens (tertiary/aromatic N) is 2. The molecule has 0 spiro atoms. The zero-order valence-corrected chi connectivity index (χ0v) is 17.1. The molecule has 0 bridgehead atoms. The van der Waals surface area contributed by atoms with Crippen LogP contribution in [0.3, 0.4) is 0 Å². The maximum Gasteiger partial charge on any atom is 0.266 e. The number of ketones is 1. The molecule has 1 aliphatic heterocycles. The number of benzene rings is 3. The van der Waals surface area contributed by atoms with Crippen molar-refractivity contribution in [2.75, 3.05) is 18.5 Å². The van der Waals surface area contributed by atoms with E-state index < -0.39 is 6.17 Å². The van der Waals surface area contributed by atoms with E-state index in [2.05, 4.69) is 5.32 Å². The van der Waals surface area contributed by atoms with E-state index in [9.17, 15) is 9.59 Å². The van der Waals surface area contributed by atoms with Gasteiger partial charge in [0.15, 0.2) is 11.9 Å². The summed E-state index contributed by atoms with van der Waals surface area (Å²) < 4.78 is 0. The van der Waals surface area contributed by atoms with Gasteiger partial charge >= 0.3 is 0 Å². The highest BCUT2D eigenvalue weighted by Crippen LogP contribution is 2.27. The van der Waals surface area contributed by atoms with Crippen molar-refractivity contribution in [1.82, 2.24) is 5.32 Å². The number of carbonyl (C=O) groups excluding carboxylic acids is 2. The summed E-state index contributed by atoms with van der Waals surface area (Å²) in [7, 11) is 1.72. The number of fused-ring (bicyclic) bond motifs is 1. The number of Topliss-reactive ketones (excluding diaryl/α,β-unsaturated/α-hetero) is 1. The Balaban J connectivity index is 1.68. The van der Waals surface area contributed by atoms with Crippen molar-refractivity contribution in [3.05, 3.63) is 101 Å². The molecule has 0 aromatic heterocycles. The van der Waals surface area contributed by atoms with Crippen LogP contribution in [-0.4, -0.2) is 37.2 Å². The number of anilines is 1. The number of rotatable bonds is 5. The molecular weight excluding hydrogens is 398 g/mol. The van der Waals surface area contributed by atoms with Crippen molar-refractivity contribution in [3.8, 4) is 0 Å². The lowest BCUT2D eigenvalue weighted by atomic mass is 10.0. The summed E-state index contributed by atoms with van der Waals surface area (Å²) in [5.41, 5.74) is 3.65. The van der Waals surface area contributed by atoms with Crippen molar-refractivity contribution in [2.24, 2.45) is 4.99 Å². The topological polar surface area (TPSA) is 61.8 Å². The second-order valence-corrected chi connectivity index (χ2v) is 7.35. The van der Waals surface area contributed by atoms with Gasteiger partial charge in [-0.15, -0.1) is 0 Å². The average molecular weight is 418 g/mol. The van der Waals surface area contributed by atoms with Gasteiger partial charge in [0.05, 0.1) is 23.0 Å². The highest BCUT2D eigenvalue weighted by Gasteiger charge is 2.30. The summed E-state index contributed by atoms with van der Waals surface area (Å²) in [5, 5.41) is 3.40. The van der Waals surface area contributed by atoms with E-state index >= 15 is 0 Å². The molecule has 0 radical (unpaired) electrons. The van der Waals surface area contributed by atoms with E-state index in [1.54, 1.807) is 36.2 Å². The van der Waals surface area contributed by atoms with Crippen LogP contribution in [0.4, 0.5) is 5.69 Å². The first kappa shape index (κ1) is 20.0. The van der Waals surface area contributed by atoms with Crippen LogP contribution in [0.15, 0.2) is 83.9 Å². The van der Waals surface area contributed by atoms with Gasteiger partial charge in [0.1, 0.15) is 0 Å². The normalized spacial score (nSPS) is 15.9. The third-order valence-electron chi connectivity index (χ3n) is 5.02. The second-order valence-electron chi connectivity index (χ2n) is 6.94. The van der Waals surface area contributed by atoms with Crippen LogP contribution in [0.25, 0.3) is 0 Å². The van der Waals surface area contributed by atoms with Crippen LogP contribution in [0.1, 0.15) is 21.5 Å². The Morgan fingerprint density at radius 1 is 1.00 bits per heavy atom. The van der Waals surface area contributed by atoms with E-state index in [1.165, 1.54) is 0 Å². The van der Waals surface area contributed by atoms with Gasteiger partial charge in [-0.25, -0.2) is 0 Å². The molecule has 0 fully saturated rings. The zero-order valence-electron chi connectivity index (χ0n) is 16.4. The Hall–Kier alpha value is -3.28. The van der Waals surface area contributed by atoms with E-state index in [0.29, 0.717) is 16.3 Å². The minimum atomic E-state index is -0.899. The first-order valence-electron chi connectivity index (χ1n) is 9.57. The number of nitrogens with one attached hydrogen (secondary N) is 1. The largest absolute Gasteiger partial charge is 0.312 e. The van der Waals surface area contributed by atoms with Gasteiger partial charge < -0.3 is 4.90 Å². The standard InChI is InChI=1S/C24H20ClN3O2/c1-28-20-14-8-6-12-18(20)22(16-9-3-2-4-10-16)27-23(24(28)30)26-15-21(29)17-11-5-7-13-19(17)25/h2-14,23,26H,15H2,1H3. The molecular formula is C24H20ClN3O2. The molecule has 0 aliphatic carbocycles. The fourth-order valence-electron chi connectivity index (χ4n) is 3.45. The quantitative estimate of drug-likeness (QED) is 0.639. The van der Waals surface area contributed by atoms with E-state index in [4.69, 9.17) is 16.6 Å². The molecule has 1 amide bonds. The van der Waals surface area contributed by atoms with Gasteiger partial charge in [0, 0.05) is 23.7 Å². The van der Waals surface area contributed by atoms with Gasteiger partial charge in [-0.2, -0.15) is 0 Å². The number of aliphatic imine (C=N–C) groups is 1. The Morgan fingerprint density at radius 2 is 1.67 bits per heavy atom. The van der Waals surface area contributed by atoms with Crippen LogP contribution in [0, 0.1) is 0 Å². The smallest absolute Gasteiger partial charge is 0.266 e. The van der Waals surface area contributed by atoms with Crippen molar-refractivity contribution in [2.45, 2.75) is 6.17 Å². The number of hydrogen-bond donors (Lipinski definition) is 1. The van der Waals surface area contributed by atoms with Crippen LogP contribution in [0.5, 0.6) is 0 Å². The molecule has 1 unspecified atom stereocenters. The molecule has 150 valence electrons. The maximum atomic E-state index is 13.1. The number of amides is 1. The summed E-state index contributed by atoms with van der Waals surface area (Å²) in [6.07, 6.45) is -0.899. The van der Waals surface area contributed by atoms with E-state index in [0.717, 1.165) is 16.8 Å². The van der Waals surface area contributed by atoms with Crippen LogP contribution in [0.2, 0.25) is 5.02 Å². The molecule has 30 heavy (non-hydrogen) atoms. The fourth-order valence-corrected chi connectivity index (χ4v) is 3.69. The molecule has 5 nitrogen and oxygen atoms in total. The molecule has 4 rings (SSSR count). The summed E-state index contributed by atoms with van der Waals surface area (Å²) in [4.78, 5) is 32.1. The minimum absolute atomic E-state index is 0.0596. The van der Waals surface area contributed by atoms with Gasteiger partial charge in [-0.1, -0.05) is 72.3 Å². The lowest BCUT2D eigenvalue weighted by Crippen LogP contribution is -2.45.